The molecule has 6 nitrogen and oxygen atoms in total. The van der Waals surface area contributed by atoms with Crippen LogP contribution in [0.15, 0.2) is 47.6 Å². The van der Waals surface area contributed by atoms with Crippen molar-refractivity contribution in [3.63, 3.8) is 0 Å². The summed E-state index contributed by atoms with van der Waals surface area (Å²) in [6.45, 7) is 1.89. The van der Waals surface area contributed by atoms with Crippen LogP contribution in [0.2, 0.25) is 0 Å². The Morgan fingerprint density at radius 3 is 2.85 bits per heavy atom. The number of fused-ring (bicyclic) bond motifs is 1. The minimum Gasteiger partial charge on any atom is -0.494 e. The third-order valence-corrected chi connectivity index (χ3v) is 5.82. The lowest BCUT2D eigenvalue weighted by molar-refractivity contribution is 0.0993. The highest BCUT2D eigenvalue weighted by atomic mass is 32.2. The van der Waals surface area contributed by atoms with Crippen LogP contribution in [0.5, 0.6) is 5.75 Å². The maximum Gasteiger partial charge on any atom is 0.214 e. The van der Waals surface area contributed by atoms with Crippen LogP contribution < -0.4 is 4.74 Å². The van der Waals surface area contributed by atoms with E-state index in [1.165, 1.54) is 29.3 Å². The third-order valence-electron chi connectivity index (χ3n) is 4.79. The van der Waals surface area contributed by atoms with Gasteiger partial charge in [-0.3, -0.25) is 4.79 Å². The molecule has 1 aliphatic carbocycles. The second-order valence-electron chi connectivity index (χ2n) is 6.51. The molecule has 4 rings (SSSR count). The average Bonchev–Trinajstić information content (AvgIpc) is 3.35. The molecule has 0 radical (unpaired) electrons. The van der Waals surface area contributed by atoms with Gasteiger partial charge in [-0.05, 0) is 65.9 Å². The van der Waals surface area contributed by atoms with Crippen LogP contribution in [0, 0.1) is 0 Å². The summed E-state index contributed by atoms with van der Waals surface area (Å²) in [4.78, 5) is 12.9. The molecule has 1 atom stereocenters. The molecule has 0 fully saturated rings. The van der Waals surface area contributed by atoms with Crippen LogP contribution in [0.4, 0.5) is 0 Å². The number of Topliss-reactive ketones (excluding diaryl/α,β-unsaturated/α-hetero) is 1. The number of carbonyl (C=O) groups is 1. The fraction of sp³-hybridized carbons (Fsp3) is 0.300. The molecule has 7 heteroatoms. The molecule has 2 aromatic carbocycles. The summed E-state index contributed by atoms with van der Waals surface area (Å²) in [5, 5.41) is 12.2. The Kier molecular flexibility index (Phi) is 4.94. The SMILES string of the molecule is COc1ccccc1-n1nnnc1SC(C)C(=O)c1ccc2c(c1)CCC2. The largest absolute Gasteiger partial charge is 0.494 e. The van der Waals surface area contributed by atoms with Crippen LogP contribution >= 0.6 is 11.8 Å². The second kappa shape index (κ2) is 7.52. The van der Waals surface area contributed by atoms with E-state index < -0.39 is 0 Å². The van der Waals surface area contributed by atoms with Gasteiger partial charge >= 0.3 is 0 Å². The van der Waals surface area contributed by atoms with Crippen LogP contribution in [-0.4, -0.2) is 38.4 Å². The molecule has 0 saturated heterocycles. The molecule has 1 heterocycles. The number of aryl methyl sites for hydroxylation is 2. The third kappa shape index (κ3) is 3.47. The quantitative estimate of drug-likeness (QED) is 0.481. The van der Waals surface area contributed by atoms with Crippen molar-refractivity contribution in [2.24, 2.45) is 0 Å². The van der Waals surface area contributed by atoms with Crippen molar-refractivity contribution >= 4 is 17.5 Å². The Bertz CT molecular complexity index is 986. The van der Waals surface area contributed by atoms with Crippen molar-refractivity contribution in [2.75, 3.05) is 7.11 Å². The molecule has 0 spiro atoms. The minimum atomic E-state index is -0.302. The van der Waals surface area contributed by atoms with Gasteiger partial charge in [0.05, 0.1) is 12.4 Å². The summed E-state index contributed by atoms with van der Waals surface area (Å²) in [5.41, 5.74) is 4.17. The minimum absolute atomic E-state index is 0.0873. The number of carbonyl (C=O) groups excluding carboxylic acids is 1. The Morgan fingerprint density at radius 2 is 2.00 bits per heavy atom. The highest BCUT2D eigenvalue weighted by molar-refractivity contribution is 8.00. The van der Waals surface area contributed by atoms with Gasteiger partial charge in [0, 0.05) is 5.56 Å². The van der Waals surface area contributed by atoms with Crippen molar-refractivity contribution in [1.82, 2.24) is 20.2 Å². The second-order valence-corrected chi connectivity index (χ2v) is 7.81. The molecule has 1 aromatic heterocycles. The number of benzene rings is 2. The van der Waals surface area contributed by atoms with Gasteiger partial charge in [-0.1, -0.05) is 36.0 Å². The first-order chi connectivity index (χ1) is 13.2. The number of aromatic nitrogens is 4. The highest BCUT2D eigenvalue weighted by Gasteiger charge is 2.23. The first-order valence-corrected chi connectivity index (χ1v) is 9.80. The Balaban J connectivity index is 1.56. The first-order valence-electron chi connectivity index (χ1n) is 8.92. The van der Waals surface area contributed by atoms with Crippen LogP contribution in [0.3, 0.4) is 0 Å². The molecular formula is C20H20N4O2S. The Morgan fingerprint density at radius 1 is 1.19 bits per heavy atom. The maximum atomic E-state index is 12.9. The van der Waals surface area contributed by atoms with Crippen LogP contribution in [-0.2, 0) is 12.8 Å². The van der Waals surface area contributed by atoms with Gasteiger partial charge in [0.25, 0.3) is 0 Å². The predicted octanol–water partition coefficient (Wildman–Crippen LogP) is 3.52. The Hall–Kier alpha value is -2.67. The van der Waals surface area contributed by atoms with E-state index in [0.717, 1.165) is 24.1 Å². The number of methoxy groups -OCH3 is 1. The molecule has 27 heavy (non-hydrogen) atoms. The monoisotopic (exact) mass is 380 g/mol. The number of hydrogen-bond donors (Lipinski definition) is 0. The average molecular weight is 380 g/mol. The molecule has 1 unspecified atom stereocenters. The number of hydrogen-bond acceptors (Lipinski definition) is 6. The lowest BCUT2D eigenvalue weighted by Crippen LogP contribution is -2.15. The number of ether oxygens (including phenoxy) is 1. The lowest BCUT2D eigenvalue weighted by Gasteiger charge is -2.12. The molecule has 0 N–H and O–H groups in total. The molecule has 0 bridgehead atoms. The molecule has 0 aliphatic heterocycles. The summed E-state index contributed by atoms with van der Waals surface area (Å²) < 4.78 is 7.00. The van der Waals surface area contributed by atoms with E-state index in [1.54, 1.807) is 11.8 Å². The summed E-state index contributed by atoms with van der Waals surface area (Å²) >= 11 is 1.35. The number of nitrogens with zero attached hydrogens (tertiary/aromatic N) is 4. The van der Waals surface area contributed by atoms with E-state index in [1.807, 2.05) is 43.3 Å². The fourth-order valence-corrected chi connectivity index (χ4v) is 4.26. The molecule has 138 valence electrons. The fourth-order valence-electron chi connectivity index (χ4n) is 3.38. The topological polar surface area (TPSA) is 69.9 Å². The van der Waals surface area contributed by atoms with Crippen molar-refractivity contribution in [2.45, 2.75) is 36.6 Å². The van der Waals surface area contributed by atoms with Gasteiger partial charge in [0.2, 0.25) is 5.16 Å². The normalized spacial score (nSPS) is 14.0. The lowest BCUT2D eigenvalue weighted by atomic mass is 10.0. The van der Waals surface area contributed by atoms with Gasteiger partial charge < -0.3 is 4.74 Å². The van der Waals surface area contributed by atoms with Gasteiger partial charge in [-0.25, -0.2) is 0 Å². The molecule has 0 amide bonds. The van der Waals surface area contributed by atoms with E-state index >= 15 is 0 Å². The molecule has 1 aliphatic rings. The predicted molar refractivity (Wildman–Crippen MR) is 104 cm³/mol. The van der Waals surface area contributed by atoms with Crippen LogP contribution in [0.1, 0.15) is 34.8 Å². The Labute approximate surface area is 161 Å². The summed E-state index contributed by atoms with van der Waals surface area (Å²) in [6, 6.07) is 13.6. The van der Waals surface area contributed by atoms with Crippen molar-refractivity contribution in [1.29, 1.82) is 0 Å². The van der Waals surface area contributed by atoms with Crippen molar-refractivity contribution < 1.29 is 9.53 Å². The number of thioether (sulfide) groups is 1. The van der Waals surface area contributed by atoms with E-state index in [4.69, 9.17) is 4.74 Å². The van der Waals surface area contributed by atoms with Gasteiger partial charge in [-0.15, -0.1) is 5.10 Å². The van der Waals surface area contributed by atoms with E-state index in [0.29, 0.717) is 10.9 Å². The van der Waals surface area contributed by atoms with E-state index in [2.05, 4.69) is 21.6 Å². The zero-order chi connectivity index (χ0) is 18.8. The van der Waals surface area contributed by atoms with Gasteiger partial charge in [0.15, 0.2) is 5.78 Å². The summed E-state index contributed by atoms with van der Waals surface area (Å²) in [7, 11) is 1.61. The van der Waals surface area contributed by atoms with Gasteiger partial charge in [-0.2, -0.15) is 4.68 Å². The van der Waals surface area contributed by atoms with Gasteiger partial charge in [0.1, 0.15) is 11.4 Å². The smallest absolute Gasteiger partial charge is 0.214 e. The summed E-state index contributed by atoms with van der Waals surface area (Å²) in [6.07, 6.45) is 3.34. The maximum absolute atomic E-state index is 12.9. The number of para-hydroxylation sites is 2. The number of tetrazole rings is 1. The molecular weight excluding hydrogens is 360 g/mol. The standard InChI is InChI=1S/C20H20N4O2S/c1-13(19(25)16-11-10-14-6-5-7-15(14)12-16)27-20-21-22-23-24(20)17-8-3-4-9-18(17)26-2/h3-4,8-13H,5-7H2,1-2H3. The number of rotatable bonds is 6. The van der Waals surface area contributed by atoms with E-state index in [9.17, 15) is 4.79 Å². The zero-order valence-electron chi connectivity index (χ0n) is 15.3. The summed E-state index contributed by atoms with van der Waals surface area (Å²) in [5.74, 6) is 0.758. The van der Waals surface area contributed by atoms with Crippen molar-refractivity contribution in [3.8, 4) is 11.4 Å². The molecule has 0 saturated carbocycles. The number of ketones is 1. The molecule has 3 aromatic rings. The first kappa shape index (κ1) is 17.7. The van der Waals surface area contributed by atoms with Crippen LogP contribution in [0.25, 0.3) is 5.69 Å². The van der Waals surface area contributed by atoms with E-state index in [-0.39, 0.29) is 11.0 Å². The zero-order valence-corrected chi connectivity index (χ0v) is 16.1. The van der Waals surface area contributed by atoms with Crippen molar-refractivity contribution in [3.05, 3.63) is 59.2 Å². The highest BCUT2D eigenvalue weighted by Crippen LogP contribution is 2.30.